The molecule has 1 aromatic carbocycles. The molecule has 0 saturated carbocycles. The fourth-order valence-electron chi connectivity index (χ4n) is 3.92. The smallest absolute Gasteiger partial charge is 0.133 e. The highest BCUT2D eigenvalue weighted by Gasteiger charge is 2.16. The van der Waals surface area contributed by atoms with E-state index in [1.165, 1.54) is 16.7 Å². The molecule has 0 spiro atoms. The van der Waals surface area contributed by atoms with Crippen molar-refractivity contribution in [3.05, 3.63) is 145 Å². The Morgan fingerprint density at radius 2 is 0.745 bits per heavy atom. The minimum absolute atomic E-state index is 0. The Bertz CT molecular complexity index is 1270. The van der Waals surface area contributed by atoms with Crippen LogP contribution in [0.5, 0.6) is 0 Å². The summed E-state index contributed by atoms with van der Waals surface area (Å²) in [7, 11) is 0. The minimum Gasteiger partial charge on any atom is -0.264 e. The minimum atomic E-state index is 0. The van der Waals surface area contributed by atoms with E-state index in [1.54, 1.807) is 43.4 Å². The van der Waals surface area contributed by atoms with E-state index in [0.717, 1.165) is 11.5 Å². The molecule has 278 valence electrons. The monoisotopic (exact) mass is 693 g/mol. The molecule has 0 aliphatic rings. The predicted octanol–water partition coefficient (Wildman–Crippen LogP) is 11.9. The molecule has 5 aromatic rings. The average Bonchev–Trinajstić information content (AvgIpc) is 3.06. The van der Waals surface area contributed by atoms with Gasteiger partial charge in [-0.05, 0) is 51.1 Å². The van der Waals surface area contributed by atoms with E-state index >= 15 is 0 Å². The summed E-state index contributed by atoms with van der Waals surface area (Å²) < 4.78 is 0. The van der Waals surface area contributed by atoms with E-state index in [9.17, 15) is 0 Å². The molecule has 0 saturated heterocycles. The summed E-state index contributed by atoms with van der Waals surface area (Å²) in [6.07, 6.45) is 16.2. The van der Waals surface area contributed by atoms with Crippen molar-refractivity contribution in [1.82, 2.24) is 29.9 Å². The quantitative estimate of drug-likeness (QED) is 0.161. The lowest BCUT2D eigenvalue weighted by molar-refractivity contribution is 0.545. The van der Waals surface area contributed by atoms with Crippen LogP contribution in [-0.4, -0.2) is 29.9 Å². The summed E-state index contributed by atoms with van der Waals surface area (Å²) in [5.74, 6) is 0.898. The van der Waals surface area contributed by atoms with Gasteiger partial charge in [-0.15, -0.1) is 0 Å². The van der Waals surface area contributed by atoms with E-state index < -0.39 is 0 Å². The first-order valence-corrected chi connectivity index (χ1v) is 17.4. The molecule has 6 heteroatoms. The highest BCUT2D eigenvalue weighted by Crippen LogP contribution is 2.22. The molecule has 6 nitrogen and oxygen atoms in total. The second kappa shape index (κ2) is 21.1. The van der Waals surface area contributed by atoms with Gasteiger partial charge in [-0.25, -0.2) is 9.97 Å². The highest BCUT2D eigenvalue weighted by molar-refractivity contribution is 5.22. The summed E-state index contributed by atoms with van der Waals surface area (Å²) in [4.78, 5) is 24.6. The van der Waals surface area contributed by atoms with E-state index in [1.807, 2.05) is 30.6 Å². The van der Waals surface area contributed by atoms with Gasteiger partial charge in [0.2, 0.25) is 0 Å². The second-order valence-corrected chi connectivity index (χ2v) is 17.3. The molecule has 0 fully saturated rings. The number of benzene rings is 1. The van der Waals surface area contributed by atoms with Crippen molar-refractivity contribution in [2.45, 2.75) is 138 Å². The Morgan fingerprint density at radius 1 is 0.333 bits per heavy atom. The van der Waals surface area contributed by atoms with Crippen LogP contribution in [0.1, 0.15) is 139 Å². The summed E-state index contributed by atoms with van der Waals surface area (Å²) >= 11 is 0. The molecular formula is C45H68N6. The average molecular weight is 693 g/mol. The first kappa shape index (κ1) is 46.7. The maximum absolute atomic E-state index is 4.19. The Morgan fingerprint density at radius 3 is 0.980 bits per heavy atom. The molecule has 0 radical (unpaired) electrons. The maximum atomic E-state index is 4.19. The predicted molar refractivity (Wildman–Crippen MR) is 219 cm³/mol. The van der Waals surface area contributed by atoms with Crippen LogP contribution < -0.4 is 0 Å². The summed E-state index contributed by atoms with van der Waals surface area (Å²) in [5, 5.41) is 0. The van der Waals surface area contributed by atoms with Gasteiger partial charge in [0, 0.05) is 66.6 Å². The lowest BCUT2D eigenvalue weighted by atomic mass is 9.87. The van der Waals surface area contributed by atoms with Gasteiger partial charge in [0.15, 0.2) is 0 Å². The van der Waals surface area contributed by atoms with Crippen LogP contribution in [0.2, 0.25) is 0 Å². The van der Waals surface area contributed by atoms with E-state index in [-0.39, 0.29) is 29.1 Å². The van der Waals surface area contributed by atoms with Crippen LogP contribution >= 0.6 is 0 Å². The third kappa shape index (κ3) is 20.2. The molecule has 0 aliphatic carbocycles. The lowest BCUT2D eigenvalue weighted by Crippen LogP contribution is -2.14. The first-order valence-electron chi connectivity index (χ1n) is 17.4. The third-order valence-electron chi connectivity index (χ3n) is 7.26. The fraction of sp³-hybridized carbons (Fsp3) is 0.467. The molecular weight excluding hydrogens is 625 g/mol. The molecule has 4 heterocycles. The molecule has 5 rings (SSSR count). The van der Waals surface area contributed by atoms with Crippen molar-refractivity contribution in [3.8, 4) is 0 Å². The maximum Gasteiger partial charge on any atom is 0.133 e. The fourth-order valence-corrected chi connectivity index (χ4v) is 3.92. The Labute approximate surface area is 312 Å². The van der Waals surface area contributed by atoms with Crippen LogP contribution in [-0.2, 0) is 27.1 Å². The van der Waals surface area contributed by atoms with Gasteiger partial charge in [-0.3, -0.25) is 19.9 Å². The van der Waals surface area contributed by atoms with Crippen LogP contribution in [0, 0.1) is 0 Å². The van der Waals surface area contributed by atoms with E-state index in [4.69, 9.17) is 0 Å². The number of rotatable bonds is 0. The Kier molecular flexibility index (Phi) is 19.3. The zero-order chi connectivity index (χ0) is 38.1. The van der Waals surface area contributed by atoms with Gasteiger partial charge in [0.1, 0.15) is 5.82 Å². The van der Waals surface area contributed by atoms with Crippen molar-refractivity contribution in [2.24, 2.45) is 0 Å². The van der Waals surface area contributed by atoms with Gasteiger partial charge < -0.3 is 0 Å². The normalized spacial score (nSPS) is 11.3. The Balaban J connectivity index is 0.000000610. The van der Waals surface area contributed by atoms with Crippen molar-refractivity contribution in [2.75, 3.05) is 0 Å². The first-order chi connectivity index (χ1) is 23.0. The standard InChI is InChI=1S/C10H14.2C9H13N.2C8H12N2.CH4/c1-10(2,3)9-7-5-4-6-8-9;2*1-9(2,3)8-5-4-6-10-7-8;1-8(2,3)7-6-9-4-5-10-7;1-8(2,3)7-9-5-4-6-10-7;/h4-8H,1-3H3;2*4-7H,1-3H3;2*4-6H,1-3H3;1H4. The van der Waals surface area contributed by atoms with Gasteiger partial charge in [0.05, 0.1) is 5.69 Å². The topological polar surface area (TPSA) is 77.3 Å². The molecule has 0 unspecified atom stereocenters. The summed E-state index contributed by atoms with van der Waals surface area (Å²) in [6.45, 7) is 32.4. The molecule has 51 heavy (non-hydrogen) atoms. The number of aromatic nitrogens is 6. The van der Waals surface area contributed by atoms with Crippen molar-refractivity contribution < 1.29 is 0 Å². The second-order valence-electron chi connectivity index (χ2n) is 17.3. The molecule has 4 aromatic heterocycles. The van der Waals surface area contributed by atoms with Gasteiger partial charge in [0.25, 0.3) is 0 Å². The largest absolute Gasteiger partial charge is 0.264 e. The highest BCUT2D eigenvalue weighted by atomic mass is 14.9. The zero-order valence-electron chi connectivity index (χ0n) is 33.7. The number of nitrogens with zero attached hydrogens (tertiary/aromatic N) is 6. The summed E-state index contributed by atoms with van der Waals surface area (Å²) in [6, 6.07) is 20.5. The Hall–Kier alpha value is -4.32. The molecule has 0 atom stereocenters. The van der Waals surface area contributed by atoms with E-state index in [0.29, 0.717) is 5.41 Å². The molecule has 0 bridgehead atoms. The van der Waals surface area contributed by atoms with Crippen molar-refractivity contribution >= 4 is 0 Å². The molecule has 0 aliphatic heterocycles. The summed E-state index contributed by atoms with van der Waals surface area (Å²) in [5.41, 5.74) is 5.95. The van der Waals surface area contributed by atoms with Crippen molar-refractivity contribution in [3.63, 3.8) is 0 Å². The molecule has 0 amide bonds. The van der Waals surface area contributed by atoms with Crippen LogP contribution in [0.25, 0.3) is 0 Å². The van der Waals surface area contributed by atoms with Crippen molar-refractivity contribution in [1.29, 1.82) is 0 Å². The van der Waals surface area contributed by atoms with Gasteiger partial charge >= 0.3 is 0 Å². The zero-order valence-corrected chi connectivity index (χ0v) is 33.7. The third-order valence-corrected chi connectivity index (χ3v) is 7.26. The number of hydrogen-bond donors (Lipinski definition) is 0. The van der Waals surface area contributed by atoms with Crippen LogP contribution in [0.4, 0.5) is 0 Å². The number of hydrogen-bond acceptors (Lipinski definition) is 6. The van der Waals surface area contributed by atoms with Crippen LogP contribution in [0.15, 0.2) is 116 Å². The number of pyridine rings is 2. The van der Waals surface area contributed by atoms with Gasteiger partial charge in [-0.2, -0.15) is 0 Å². The lowest BCUT2D eigenvalue weighted by Gasteiger charge is -2.18. The van der Waals surface area contributed by atoms with E-state index in [2.05, 4.69) is 176 Å². The van der Waals surface area contributed by atoms with Gasteiger partial charge in [-0.1, -0.05) is 154 Å². The molecule has 0 N–H and O–H groups in total. The SMILES string of the molecule is C.CC(C)(C)c1ccccc1.CC(C)(C)c1cccnc1.CC(C)(C)c1cccnc1.CC(C)(C)c1cnccn1.CC(C)(C)c1ncccn1. The van der Waals surface area contributed by atoms with Crippen LogP contribution in [0.3, 0.4) is 0 Å².